The number of hydrogen-bond acceptors (Lipinski definition) is 6. The molecular weight excluding hydrogens is 409 g/mol. The molecule has 152 valence electrons. The topological polar surface area (TPSA) is 65.1 Å². The maximum Gasteiger partial charge on any atom is 0.368 e. The Labute approximate surface area is 177 Å². The van der Waals surface area contributed by atoms with Gasteiger partial charge in [-0.25, -0.2) is 9.18 Å². The smallest absolute Gasteiger partial charge is 0.271 e. The number of hydrogen-bond donors (Lipinski definition) is 0. The Balaban J connectivity index is 1.71. The average molecular weight is 432 g/mol. The van der Waals surface area contributed by atoms with Gasteiger partial charge in [0, 0.05) is 19.3 Å². The monoisotopic (exact) mass is 431 g/mol. The largest absolute Gasteiger partial charge is 0.368 e. The van der Waals surface area contributed by atoms with Gasteiger partial charge in [0.2, 0.25) is 0 Å². The van der Waals surface area contributed by atoms with E-state index in [1.165, 1.54) is 21.5 Å². The lowest BCUT2D eigenvalue weighted by atomic mass is 10.1. The summed E-state index contributed by atoms with van der Waals surface area (Å²) >= 11 is 3.22. The summed E-state index contributed by atoms with van der Waals surface area (Å²) in [6.45, 7) is 2.66. The Bertz CT molecular complexity index is 1060. The minimum atomic E-state index is -0.278. The van der Waals surface area contributed by atoms with Gasteiger partial charge >= 0.3 is 5.69 Å². The maximum atomic E-state index is 13.0. The molecule has 0 N–H and O–H groups in total. The number of aliphatic imine (C=N–C) groups is 1. The number of nitrogens with zero attached hydrogens (tertiary/aromatic N) is 5. The summed E-state index contributed by atoms with van der Waals surface area (Å²) in [6, 6.07) is 12.3. The number of halogens is 1. The third kappa shape index (κ3) is 5.36. The van der Waals surface area contributed by atoms with Gasteiger partial charge in [-0.1, -0.05) is 36.0 Å². The van der Waals surface area contributed by atoms with Crippen molar-refractivity contribution in [2.75, 3.05) is 12.8 Å². The number of aryl methyl sites for hydroxylation is 2. The predicted molar refractivity (Wildman–Crippen MR) is 119 cm³/mol. The van der Waals surface area contributed by atoms with Crippen LogP contribution in [0, 0.1) is 12.7 Å². The van der Waals surface area contributed by atoms with E-state index >= 15 is 0 Å². The van der Waals surface area contributed by atoms with Gasteiger partial charge in [0.05, 0.1) is 5.69 Å². The lowest BCUT2D eigenvalue weighted by Crippen LogP contribution is -2.23. The summed E-state index contributed by atoms with van der Waals surface area (Å²) in [5, 5.41) is 7.78. The molecule has 0 aliphatic carbocycles. The molecular formula is C20H22FN5OS2. The van der Waals surface area contributed by atoms with Gasteiger partial charge in [-0.3, -0.25) is 4.99 Å². The molecule has 2 aromatic carbocycles. The molecule has 1 aromatic heterocycles. The Morgan fingerprint density at radius 3 is 2.59 bits per heavy atom. The second-order valence-electron chi connectivity index (χ2n) is 6.39. The van der Waals surface area contributed by atoms with E-state index in [1.807, 2.05) is 31.4 Å². The van der Waals surface area contributed by atoms with Crippen molar-refractivity contribution >= 4 is 27.9 Å². The lowest BCUT2D eigenvalue weighted by Gasteiger charge is -2.11. The van der Waals surface area contributed by atoms with Crippen molar-refractivity contribution < 1.29 is 4.39 Å². The van der Waals surface area contributed by atoms with E-state index in [4.69, 9.17) is 0 Å². The fraction of sp³-hybridized carbons (Fsp3) is 0.300. The SMILES string of the molecule is CSC(=NCCc1ccc(F)cc1)SCc1c(C)cccc1-n1nnn(C)c1=O. The van der Waals surface area contributed by atoms with E-state index in [0.717, 1.165) is 33.2 Å². The van der Waals surface area contributed by atoms with Crippen LogP contribution in [0.2, 0.25) is 0 Å². The van der Waals surface area contributed by atoms with E-state index < -0.39 is 0 Å². The molecule has 0 fully saturated rings. The third-order valence-corrected chi connectivity index (χ3v) is 6.55. The zero-order valence-electron chi connectivity index (χ0n) is 16.5. The maximum absolute atomic E-state index is 13.0. The van der Waals surface area contributed by atoms with Crippen LogP contribution in [0.4, 0.5) is 4.39 Å². The van der Waals surface area contributed by atoms with Crippen molar-refractivity contribution in [3.63, 3.8) is 0 Å². The zero-order chi connectivity index (χ0) is 20.8. The van der Waals surface area contributed by atoms with Gasteiger partial charge in [-0.05, 0) is 64.9 Å². The van der Waals surface area contributed by atoms with Gasteiger partial charge in [0.25, 0.3) is 0 Å². The molecule has 0 saturated heterocycles. The molecule has 0 spiro atoms. The molecule has 0 amide bonds. The van der Waals surface area contributed by atoms with Gasteiger partial charge in [-0.2, -0.15) is 9.36 Å². The van der Waals surface area contributed by atoms with Gasteiger partial charge < -0.3 is 0 Å². The fourth-order valence-corrected chi connectivity index (χ4v) is 4.46. The molecule has 6 nitrogen and oxygen atoms in total. The third-order valence-electron chi connectivity index (χ3n) is 4.40. The molecule has 3 rings (SSSR count). The highest BCUT2D eigenvalue weighted by atomic mass is 32.2. The Morgan fingerprint density at radius 1 is 1.17 bits per heavy atom. The van der Waals surface area contributed by atoms with E-state index in [0.29, 0.717) is 12.3 Å². The van der Waals surface area contributed by atoms with Crippen molar-refractivity contribution in [1.29, 1.82) is 0 Å². The van der Waals surface area contributed by atoms with Crippen LogP contribution in [0.3, 0.4) is 0 Å². The molecule has 0 atom stereocenters. The van der Waals surface area contributed by atoms with E-state index in [2.05, 4.69) is 15.4 Å². The van der Waals surface area contributed by atoms with Crippen LogP contribution in [0.5, 0.6) is 0 Å². The van der Waals surface area contributed by atoms with E-state index in [9.17, 15) is 9.18 Å². The van der Waals surface area contributed by atoms with Crippen LogP contribution < -0.4 is 5.69 Å². The van der Waals surface area contributed by atoms with E-state index in [1.54, 1.807) is 42.7 Å². The molecule has 0 saturated carbocycles. The molecule has 1 heterocycles. The second kappa shape index (κ2) is 9.89. The Kier molecular flexibility index (Phi) is 7.27. The van der Waals surface area contributed by atoms with Crippen molar-refractivity contribution in [3.8, 4) is 5.69 Å². The fourth-order valence-electron chi connectivity index (χ4n) is 2.77. The second-order valence-corrected chi connectivity index (χ2v) is 8.40. The summed E-state index contributed by atoms with van der Waals surface area (Å²) in [4.78, 5) is 16.9. The summed E-state index contributed by atoms with van der Waals surface area (Å²) in [7, 11) is 1.58. The first-order chi connectivity index (χ1) is 14.0. The highest BCUT2D eigenvalue weighted by molar-refractivity contribution is 8.38. The Morgan fingerprint density at radius 2 is 1.93 bits per heavy atom. The van der Waals surface area contributed by atoms with E-state index in [-0.39, 0.29) is 11.5 Å². The van der Waals surface area contributed by atoms with Crippen molar-refractivity contribution in [2.45, 2.75) is 19.1 Å². The van der Waals surface area contributed by atoms with Crippen LogP contribution >= 0.6 is 23.5 Å². The van der Waals surface area contributed by atoms with Crippen molar-refractivity contribution in [1.82, 2.24) is 19.8 Å². The Hall–Kier alpha value is -2.39. The lowest BCUT2D eigenvalue weighted by molar-refractivity contribution is 0.627. The van der Waals surface area contributed by atoms with Crippen molar-refractivity contribution in [2.24, 2.45) is 12.0 Å². The highest BCUT2D eigenvalue weighted by Gasteiger charge is 2.14. The summed E-state index contributed by atoms with van der Waals surface area (Å²) in [5.74, 6) is 0.440. The number of aromatic nitrogens is 4. The molecule has 0 aliphatic heterocycles. The zero-order valence-corrected chi connectivity index (χ0v) is 18.1. The van der Waals surface area contributed by atoms with Crippen molar-refractivity contribution in [3.05, 3.63) is 75.5 Å². The molecule has 0 unspecified atom stereocenters. The van der Waals surface area contributed by atoms with Gasteiger partial charge in [0.15, 0.2) is 0 Å². The summed E-state index contributed by atoms with van der Waals surface area (Å²) in [5.41, 5.74) is 3.63. The minimum Gasteiger partial charge on any atom is -0.271 e. The number of rotatable bonds is 6. The van der Waals surface area contributed by atoms with Crippen LogP contribution in [0.25, 0.3) is 5.69 Å². The first kappa shape index (κ1) is 21.3. The normalized spacial score (nSPS) is 11.8. The van der Waals surface area contributed by atoms with Crippen LogP contribution in [-0.2, 0) is 19.2 Å². The number of tetrazole rings is 1. The van der Waals surface area contributed by atoms with Gasteiger partial charge in [-0.15, -0.1) is 11.8 Å². The average Bonchev–Trinajstić information content (AvgIpc) is 3.05. The highest BCUT2D eigenvalue weighted by Crippen LogP contribution is 2.26. The van der Waals surface area contributed by atoms with Crippen LogP contribution in [-0.4, -0.2) is 37.0 Å². The molecule has 0 radical (unpaired) electrons. The quantitative estimate of drug-likeness (QED) is 0.441. The molecule has 3 aromatic rings. The molecule has 9 heteroatoms. The predicted octanol–water partition coefficient (Wildman–Crippen LogP) is 3.61. The molecule has 0 bridgehead atoms. The molecule has 0 aliphatic rings. The van der Waals surface area contributed by atoms with Crippen LogP contribution in [0.15, 0.2) is 52.3 Å². The summed E-state index contributed by atoms with van der Waals surface area (Å²) in [6.07, 6.45) is 2.76. The minimum absolute atomic E-state index is 0.228. The summed E-state index contributed by atoms with van der Waals surface area (Å²) < 4.78 is 16.5. The number of thioether (sulfide) groups is 2. The number of benzene rings is 2. The first-order valence-corrected chi connectivity index (χ1v) is 11.2. The molecule has 29 heavy (non-hydrogen) atoms. The standard InChI is InChI=1S/C20H22FN5OS2/c1-14-5-4-6-18(26-20(27)25(2)23-24-26)17(14)13-29-19(28-3)22-12-11-15-7-9-16(21)10-8-15/h4-10H,11-13H2,1-3H3. The first-order valence-electron chi connectivity index (χ1n) is 9.03. The van der Waals surface area contributed by atoms with Crippen LogP contribution in [0.1, 0.15) is 16.7 Å². The van der Waals surface area contributed by atoms with Gasteiger partial charge in [0.1, 0.15) is 10.2 Å².